The molecule has 0 unspecified atom stereocenters. The number of benzene rings is 1. The zero-order chi connectivity index (χ0) is 15.9. The van der Waals surface area contributed by atoms with Gasteiger partial charge in [-0.25, -0.2) is 4.98 Å². The van der Waals surface area contributed by atoms with E-state index < -0.39 is 0 Å². The number of pyridine rings is 1. The van der Waals surface area contributed by atoms with Crippen molar-refractivity contribution in [2.45, 2.75) is 12.8 Å². The first-order chi connectivity index (χ1) is 10.5. The average molecular weight is 376 g/mol. The van der Waals surface area contributed by atoms with Crippen LogP contribution in [0, 0.1) is 0 Å². The zero-order valence-electron chi connectivity index (χ0n) is 11.2. The van der Waals surface area contributed by atoms with Crippen LogP contribution in [0.3, 0.4) is 0 Å². The van der Waals surface area contributed by atoms with Gasteiger partial charge in [-0.3, -0.25) is 4.79 Å². The number of rotatable bonds is 1. The molecule has 0 spiro atoms. The highest BCUT2D eigenvalue weighted by molar-refractivity contribution is 6.52. The van der Waals surface area contributed by atoms with E-state index >= 15 is 0 Å². The van der Waals surface area contributed by atoms with Gasteiger partial charge in [0, 0.05) is 12.2 Å². The van der Waals surface area contributed by atoms with E-state index in [-0.39, 0.29) is 31.8 Å². The number of amides is 1. The Bertz CT molecular complexity index is 763. The highest BCUT2D eigenvalue weighted by atomic mass is 35.5. The molecule has 1 amide bonds. The molecule has 3 nitrogen and oxygen atoms in total. The second-order valence-corrected chi connectivity index (χ2v) is 6.37. The third-order valence-corrected chi connectivity index (χ3v) is 5.22. The van der Waals surface area contributed by atoms with Crippen LogP contribution in [0.2, 0.25) is 20.2 Å². The van der Waals surface area contributed by atoms with Gasteiger partial charge in [0.1, 0.15) is 5.15 Å². The van der Waals surface area contributed by atoms with E-state index in [9.17, 15) is 4.79 Å². The molecular formula is C15H10Cl4N2O. The molecule has 0 saturated carbocycles. The van der Waals surface area contributed by atoms with E-state index in [2.05, 4.69) is 4.98 Å². The summed E-state index contributed by atoms with van der Waals surface area (Å²) in [4.78, 5) is 18.5. The van der Waals surface area contributed by atoms with E-state index in [4.69, 9.17) is 46.4 Å². The van der Waals surface area contributed by atoms with Gasteiger partial charge >= 0.3 is 0 Å². The minimum Gasteiger partial charge on any atom is -0.307 e. The molecule has 0 bridgehead atoms. The third-order valence-electron chi connectivity index (χ3n) is 3.54. The van der Waals surface area contributed by atoms with E-state index in [0.717, 1.165) is 24.1 Å². The van der Waals surface area contributed by atoms with Gasteiger partial charge in [-0.05, 0) is 24.5 Å². The fraction of sp³-hybridized carbons (Fsp3) is 0.200. The number of anilines is 1. The van der Waals surface area contributed by atoms with Crippen molar-refractivity contribution < 1.29 is 4.79 Å². The molecule has 1 aromatic heterocycles. The number of carbonyl (C=O) groups excluding carboxylic acids is 1. The van der Waals surface area contributed by atoms with Crippen LogP contribution in [0.25, 0.3) is 0 Å². The van der Waals surface area contributed by atoms with Crippen LogP contribution < -0.4 is 4.90 Å². The Morgan fingerprint density at radius 1 is 1.05 bits per heavy atom. The molecule has 0 aliphatic carbocycles. The number of hydrogen-bond acceptors (Lipinski definition) is 2. The van der Waals surface area contributed by atoms with Crippen LogP contribution in [0.4, 0.5) is 5.69 Å². The first kappa shape index (κ1) is 15.9. The van der Waals surface area contributed by atoms with Crippen molar-refractivity contribution in [3.8, 4) is 0 Å². The molecule has 22 heavy (non-hydrogen) atoms. The molecule has 7 heteroatoms. The lowest BCUT2D eigenvalue weighted by Crippen LogP contribution is -2.36. The molecule has 1 aliphatic heterocycles. The van der Waals surface area contributed by atoms with Gasteiger partial charge < -0.3 is 4.90 Å². The normalized spacial score (nSPS) is 13.9. The van der Waals surface area contributed by atoms with Crippen LogP contribution in [-0.4, -0.2) is 17.4 Å². The van der Waals surface area contributed by atoms with Crippen molar-refractivity contribution in [3.63, 3.8) is 0 Å². The fourth-order valence-electron chi connectivity index (χ4n) is 2.50. The molecule has 0 radical (unpaired) electrons. The van der Waals surface area contributed by atoms with Crippen molar-refractivity contribution >= 4 is 58.0 Å². The topological polar surface area (TPSA) is 33.2 Å². The minimum atomic E-state index is -0.336. The number of hydrogen-bond donors (Lipinski definition) is 0. The molecule has 1 aliphatic rings. The highest BCUT2D eigenvalue weighted by Crippen LogP contribution is 2.37. The Kier molecular flexibility index (Phi) is 4.51. The van der Waals surface area contributed by atoms with Gasteiger partial charge in [-0.1, -0.05) is 64.6 Å². The minimum absolute atomic E-state index is 0.0118. The van der Waals surface area contributed by atoms with Gasteiger partial charge in [-0.15, -0.1) is 0 Å². The Hall–Kier alpha value is -1.00. The van der Waals surface area contributed by atoms with Crippen molar-refractivity contribution in [1.29, 1.82) is 0 Å². The third kappa shape index (κ3) is 2.67. The van der Waals surface area contributed by atoms with Crippen LogP contribution >= 0.6 is 46.4 Å². The number of aromatic nitrogens is 1. The fourth-order valence-corrected chi connectivity index (χ4v) is 3.31. The van der Waals surface area contributed by atoms with E-state index in [1.54, 1.807) is 4.90 Å². The van der Waals surface area contributed by atoms with Crippen molar-refractivity contribution in [1.82, 2.24) is 4.98 Å². The number of halogens is 4. The maximum atomic E-state index is 12.8. The second kappa shape index (κ2) is 6.25. The molecule has 114 valence electrons. The lowest BCUT2D eigenvalue weighted by molar-refractivity contribution is 0.0980. The SMILES string of the molecule is O=C(c1nc(Cl)c(Cl)c(Cl)c1Cl)N1CCCc2ccccc21. The summed E-state index contributed by atoms with van der Waals surface area (Å²) in [5.41, 5.74) is 1.99. The molecule has 0 N–H and O–H groups in total. The maximum Gasteiger partial charge on any atom is 0.278 e. The maximum absolute atomic E-state index is 12.8. The largest absolute Gasteiger partial charge is 0.307 e. The lowest BCUT2D eigenvalue weighted by Gasteiger charge is -2.29. The average Bonchev–Trinajstić information content (AvgIpc) is 2.55. The molecule has 2 heterocycles. The van der Waals surface area contributed by atoms with E-state index in [0.29, 0.717) is 6.54 Å². The van der Waals surface area contributed by atoms with Crippen molar-refractivity contribution in [2.24, 2.45) is 0 Å². The van der Waals surface area contributed by atoms with Gasteiger partial charge in [0.15, 0.2) is 5.69 Å². The number of fused-ring (bicyclic) bond motifs is 1. The summed E-state index contributed by atoms with van der Waals surface area (Å²) in [5, 5.41) is 0.0646. The molecule has 2 aromatic rings. The summed E-state index contributed by atoms with van der Waals surface area (Å²) in [6.07, 6.45) is 1.80. The highest BCUT2D eigenvalue weighted by Gasteiger charge is 2.28. The van der Waals surface area contributed by atoms with Crippen LogP contribution in [0.5, 0.6) is 0 Å². The second-order valence-electron chi connectivity index (χ2n) is 4.88. The summed E-state index contributed by atoms with van der Waals surface area (Å²) >= 11 is 23.9. The monoisotopic (exact) mass is 374 g/mol. The van der Waals surface area contributed by atoms with E-state index in [1.807, 2.05) is 24.3 Å². The Morgan fingerprint density at radius 3 is 2.55 bits per heavy atom. The molecule has 3 rings (SSSR count). The van der Waals surface area contributed by atoms with Crippen molar-refractivity contribution in [3.05, 3.63) is 55.7 Å². The Morgan fingerprint density at radius 2 is 1.77 bits per heavy atom. The predicted molar refractivity (Wildman–Crippen MR) is 90.7 cm³/mol. The summed E-state index contributed by atoms with van der Waals surface area (Å²) in [6, 6.07) is 7.75. The summed E-state index contributed by atoms with van der Waals surface area (Å²) in [5.74, 6) is -0.336. The van der Waals surface area contributed by atoms with E-state index in [1.165, 1.54) is 0 Å². The molecule has 0 atom stereocenters. The zero-order valence-corrected chi connectivity index (χ0v) is 14.3. The van der Waals surface area contributed by atoms with Crippen LogP contribution in [0.15, 0.2) is 24.3 Å². The van der Waals surface area contributed by atoms with Crippen LogP contribution in [-0.2, 0) is 6.42 Å². The van der Waals surface area contributed by atoms with Gasteiger partial charge in [0.25, 0.3) is 5.91 Å². The molecular weight excluding hydrogens is 366 g/mol. The number of nitrogens with zero attached hydrogens (tertiary/aromatic N) is 2. The first-order valence-electron chi connectivity index (χ1n) is 6.60. The van der Waals surface area contributed by atoms with Gasteiger partial charge in [0.2, 0.25) is 0 Å². The molecule has 0 saturated heterocycles. The molecule has 0 fully saturated rings. The van der Waals surface area contributed by atoms with Gasteiger partial charge in [-0.2, -0.15) is 0 Å². The predicted octanol–water partition coefficient (Wildman–Crippen LogP) is 5.29. The number of para-hydroxylation sites is 1. The Labute approximate surface area is 147 Å². The van der Waals surface area contributed by atoms with Crippen LogP contribution in [0.1, 0.15) is 22.5 Å². The molecule has 1 aromatic carbocycles. The summed E-state index contributed by atoms with van der Waals surface area (Å²) < 4.78 is 0. The summed E-state index contributed by atoms with van der Waals surface area (Å²) in [7, 11) is 0. The smallest absolute Gasteiger partial charge is 0.278 e. The first-order valence-corrected chi connectivity index (χ1v) is 8.11. The number of carbonyl (C=O) groups is 1. The van der Waals surface area contributed by atoms with Crippen molar-refractivity contribution in [2.75, 3.05) is 11.4 Å². The quantitative estimate of drug-likeness (QED) is 0.634. The Balaban J connectivity index is 2.07. The van der Waals surface area contributed by atoms with Gasteiger partial charge in [0.05, 0.1) is 15.1 Å². The number of aryl methyl sites for hydroxylation is 1. The standard InChI is InChI=1S/C15H10Cl4N2O/c16-10-11(17)13(20-14(19)12(10)18)15(22)21-7-3-5-8-4-1-2-6-9(8)21/h1-2,4,6H,3,5,7H2. The summed E-state index contributed by atoms with van der Waals surface area (Å²) in [6.45, 7) is 0.589. The lowest BCUT2D eigenvalue weighted by atomic mass is 10.0.